The lowest BCUT2D eigenvalue weighted by Gasteiger charge is -2.05. The van der Waals surface area contributed by atoms with E-state index in [9.17, 15) is 0 Å². The van der Waals surface area contributed by atoms with E-state index in [-0.39, 0.29) is 0 Å². The first kappa shape index (κ1) is 9.51. The van der Waals surface area contributed by atoms with Crippen molar-refractivity contribution in [1.29, 1.82) is 0 Å². The SMILES string of the molecule is COc1cc(OC)cc(-c2ncon2)c1. The first-order valence-corrected chi connectivity index (χ1v) is 4.33. The second-order valence-electron chi connectivity index (χ2n) is 2.86. The third-order valence-electron chi connectivity index (χ3n) is 1.97. The lowest BCUT2D eigenvalue weighted by atomic mass is 10.2. The van der Waals surface area contributed by atoms with Gasteiger partial charge in [0.1, 0.15) is 11.5 Å². The van der Waals surface area contributed by atoms with Crippen LogP contribution in [0.2, 0.25) is 0 Å². The van der Waals surface area contributed by atoms with Crippen molar-refractivity contribution < 1.29 is 14.0 Å². The molecule has 0 spiro atoms. The quantitative estimate of drug-likeness (QED) is 0.765. The van der Waals surface area contributed by atoms with Gasteiger partial charge in [-0.15, -0.1) is 0 Å². The molecular formula is C10H10N2O3. The molecule has 0 aliphatic rings. The predicted molar refractivity (Wildman–Crippen MR) is 52.8 cm³/mol. The second-order valence-corrected chi connectivity index (χ2v) is 2.86. The van der Waals surface area contributed by atoms with Gasteiger partial charge in [-0.1, -0.05) is 5.16 Å². The van der Waals surface area contributed by atoms with Crippen LogP contribution in [0.25, 0.3) is 11.4 Å². The standard InChI is InChI=1S/C10H10N2O3/c1-13-8-3-7(4-9(5-8)14-2)10-11-6-15-12-10/h3-6H,1-2H3. The molecule has 0 radical (unpaired) electrons. The highest BCUT2D eigenvalue weighted by molar-refractivity contribution is 5.60. The number of hydrogen-bond donors (Lipinski definition) is 0. The van der Waals surface area contributed by atoms with E-state index in [4.69, 9.17) is 9.47 Å². The molecule has 1 heterocycles. The van der Waals surface area contributed by atoms with Crippen LogP contribution in [0.15, 0.2) is 29.1 Å². The lowest BCUT2D eigenvalue weighted by Crippen LogP contribution is -1.89. The van der Waals surface area contributed by atoms with Gasteiger partial charge in [0.2, 0.25) is 12.2 Å². The smallest absolute Gasteiger partial charge is 0.214 e. The van der Waals surface area contributed by atoms with Crippen LogP contribution in [0.3, 0.4) is 0 Å². The summed E-state index contributed by atoms with van der Waals surface area (Å²) in [5.41, 5.74) is 0.792. The van der Waals surface area contributed by atoms with Gasteiger partial charge >= 0.3 is 0 Å². The van der Waals surface area contributed by atoms with Crippen molar-refractivity contribution in [3.63, 3.8) is 0 Å². The molecule has 0 saturated carbocycles. The summed E-state index contributed by atoms with van der Waals surface area (Å²) in [5, 5.41) is 3.74. The molecule has 78 valence electrons. The minimum absolute atomic E-state index is 0.507. The molecule has 0 atom stereocenters. The zero-order valence-electron chi connectivity index (χ0n) is 8.43. The van der Waals surface area contributed by atoms with Gasteiger partial charge in [-0.3, -0.25) is 0 Å². The van der Waals surface area contributed by atoms with Gasteiger partial charge in [-0.2, -0.15) is 4.98 Å². The van der Waals surface area contributed by atoms with E-state index >= 15 is 0 Å². The summed E-state index contributed by atoms with van der Waals surface area (Å²) in [7, 11) is 3.18. The second kappa shape index (κ2) is 4.00. The fourth-order valence-electron chi connectivity index (χ4n) is 1.23. The van der Waals surface area contributed by atoms with Crippen LogP contribution in [0.5, 0.6) is 11.5 Å². The van der Waals surface area contributed by atoms with Crippen LogP contribution in [0.4, 0.5) is 0 Å². The van der Waals surface area contributed by atoms with Crippen molar-refractivity contribution >= 4 is 0 Å². The van der Waals surface area contributed by atoms with Crippen LogP contribution in [-0.2, 0) is 0 Å². The van der Waals surface area contributed by atoms with E-state index in [0.717, 1.165) is 5.56 Å². The highest BCUT2D eigenvalue weighted by Crippen LogP contribution is 2.27. The Morgan fingerprint density at radius 3 is 2.20 bits per heavy atom. The number of methoxy groups -OCH3 is 2. The summed E-state index contributed by atoms with van der Waals surface area (Å²) < 4.78 is 14.9. The van der Waals surface area contributed by atoms with Gasteiger partial charge in [0, 0.05) is 11.6 Å². The van der Waals surface area contributed by atoms with Crippen molar-refractivity contribution in [3.8, 4) is 22.9 Å². The fraction of sp³-hybridized carbons (Fsp3) is 0.200. The molecule has 0 bridgehead atoms. The maximum absolute atomic E-state index is 5.13. The molecule has 1 aromatic heterocycles. The molecule has 0 aliphatic heterocycles. The number of ether oxygens (including phenoxy) is 2. The largest absolute Gasteiger partial charge is 0.497 e. The minimum Gasteiger partial charge on any atom is -0.497 e. The average molecular weight is 206 g/mol. The molecule has 0 saturated heterocycles. The molecule has 15 heavy (non-hydrogen) atoms. The fourth-order valence-corrected chi connectivity index (χ4v) is 1.23. The highest BCUT2D eigenvalue weighted by atomic mass is 16.5. The Kier molecular flexibility index (Phi) is 2.53. The van der Waals surface area contributed by atoms with E-state index < -0.39 is 0 Å². The van der Waals surface area contributed by atoms with E-state index in [0.29, 0.717) is 17.3 Å². The van der Waals surface area contributed by atoms with Crippen molar-refractivity contribution in [1.82, 2.24) is 10.1 Å². The summed E-state index contributed by atoms with van der Waals surface area (Å²) >= 11 is 0. The average Bonchev–Trinajstić information content (AvgIpc) is 2.81. The normalized spacial score (nSPS) is 10.0. The number of hydrogen-bond acceptors (Lipinski definition) is 5. The third-order valence-corrected chi connectivity index (χ3v) is 1.97. The van der Waals surface area contributed by atoms with Gasteiger partial charge in [-0.25, -0.2) is 0 Å². The molecule has 0 fully saturated rings. The van der Waals surface area contributed by atoms with E-state index in [1.54, 1.807) is 20.3 Å². The molecule has 1 aromatic carbocycles. The van der Waals surface area contributed by atoms with Gasteiger partial charge < -0.3 is 14.0 Å². The van der Waals surface area contributed by atoms with Crippen molar-refractivity contribution in [3.05, 3.63) is 24.6 Å². The number of benzene rings is 1. The summed E-state index contributed by atoms with van der Waals surface area (Å²) in [4.78, 5) is 3.95. The minimum atomic E-state index is 0.507. The van der Waals surface area contributed by atoms with Crippen LogP contribution in [0, 0.1) is 0 Å². The Bertz CT molecular complexity index is 418. The number of aromatic nitrogens is 2. The molecule has 0 unspecified atom stereocenters. The zero-order valence-corrected chi connectivity index (χ0v) is 8.43. The van der Waals surface area contributed by atoms with Gasteiger partial charge in [-0.05, 0) is 12.1 Å². The molecule has 5 heteroatoms. The Morgan fingerprint density at radius 2 is 1.73 bits per heavy atom. The van der Waals surface area contributed by atoms with E-state index in [1.807, 2.05) is 12.1 Å². The van der Waals surface area contributed by atoms with E-state index in [1.165, 1.54) is 6.39 Å². The first-order chi connectivity index (χ1) is 7.33. The lowest BCUT2D eigenvalue weighted by molar-refractivity contribution is 0.394. The molecular weight excluding hydrogens is 196 g/mol. The molecule has 5 nitrogen and oxygen atoms in total. The third kappa shape index (κ3) is 1.90. The zero-order chi connectivity index (χ0) is 10.7. The Hall–Kier alpha value is -2.04. The topological polar surface area (TPSA) is 57.4 Å². The molecule has 0 N–H and O–H groups in total. The first-order valence-electron chi connectivity index (χ1n) is 4.33. The van der Waals surface area contributed by atoms with Crippen LogP contribution < -0.4 is 9.47 Å². The van der Waals surface area contributed by atoms with Crippen molar-refractivity contribution in [2.45, 2.75) is 0 Å². The summed E-state index contributed by atoms with van der Waals surface area (Å²) in [6.45, 7) is 0. The molecule has 0 aliphatic carbocycles. The maximum Gasteiger partial charge on any atom is 0.214 e. The summed E-state index contributed by atoms with van der Waals surface area (Å²) in [6, 6.07) is 5.41. The Labute approximate surface area is 86.6 Å². The predicted octanol–water partition coefficient (Wildman–Crippen LogP) is 1.75. The summed E-state index contributed by atoms with van der Waals surface area (Å²) in [6.07, 6.45) is 1.28. The van der Waals surface area contributed by atoms with Gasteiger partial charge in [0.05, 0.1) is 14.2 Å². The number of rotatable bonds is 3. The van der Waals surface area contributed by atoms with Gasteiger partial charge in [0.15, 0.2) is 0 Å². The number of nitrogens with zero attached hydrogens (tertiary/aromatic N) is 2. The van der Waals surface area contributed by atoms with Crippen LogP contribution in [0.1, 0.15) is 0 Å². The molecule has 0 amide bonds. The van der Waals surface area contributed by atoms with E-state index in [2.05, 4.69) is 14.7 Å². The monoisotopic (exact) mass is 206 g/mol. The Balaban J connectivity index is 2.47. The molecule has 2 aromatic rings. The molecule has 2 rings (SSSR count). The van der Waals surface area contributed by atoms with Gasteiger partial charge in [0.25, 0.3) is 0 Å². The maximum atomic E-state index is 5.13. The van der Waals surface area contributed by atoms with Crippen molar-refractivity contribution in [2.24, 2.45) is 0 Å². The highest BCUT2D eigenvalue weighted by Gasteiger charge is 2.07. The van der Waals surface area contributed by atoms with Crippen LogP contribution >= 0.6 is 0 Å². The Morgan fingerprint density at radius 1 is 1.07 bits per heavy atom. The summed E-state index contributed by atoms with van der Waals surface area (Å²) in [5.74, 6) is 1.88. The van der Waals surface area contributed by atoms with Crippen molar-refractivity contribution in [2.75, 3.05) is 14.2 Å². The van der Waals surface area contributed by atoms with Crippen LogP contribution in [-0.4, -0.2) is 24.4 Å².